The van der Waals surface area contributed by atoms with E-state index in [-0.39, 0.29) is 17.3 Å². The Morgan fingerprint density at radius 2 is 2.07 bits per heavy atom. The third-order valence-corrected chi connectivity index (χ3v) is 1.90. The van der Waals surface area contributed by atoms with Crippen LogP contribution in [0, 0.1) is 0 Å². The molecular weight excluding hydrogens is 242 g/mol. The van der Waals surface area contributed by atoms with Crippen LogP contribution in [0.4, 0.5) is 13.2 Å². The summed E-state index contributed by atoms with van der Waals surface area (Å²) < 4.78 is 40.7. The molecule has 0 aliphatic rings. The van der Waals surface area contributed by atoms with Crippen LogP contribution in [-0.2, 0) is 17.1 Å². The van der Waals surface area contributed by atoms with Crippen molar-refractivity contribution in [3.05, 3.63) is 28.5 Å². The molecular formula is C7H4Cl2F3NO. The van der Waals surface area contributed by atoms with Crippen molar-refractivity contribution in [2.45, 2.75) is 12.8 Å². The van der Waals surface area contributed by atoms with Crippen LogP contribution in [0.3, 0.4) is 0 Å². The lowest BCUT2D eigenvalue weighted by molar-refractivity contribution is -0.137. The molecule has 0 saturated heterocycles. The molecule has 0 bridgehead atoms. The van der Waals surface area contributed by atoms with Gasteiger partial charge < -0.3 is 0 Å². The second-order valence-corrected chi connectivity index (χ2v) is 3.00. The van der Waals surface area contributed by atoms with Crippen LogP contribution in [-0.4, -0.2) is 4.98 Å². The Kier molecular flexibility index (Phi) is 3.58. The van der Waals surface area contributed by atoms with Gasteiger partial charge in [0.25, 0.3) is 0 Å². The largest absolute Gasteiger partial charge is 0.417 e. The summed E-state index contributed by atoms with van der Waals surface area (Å²) in [4.78, 5) is 3.37. The third-order valence-electron chi connectivity index (χ3n) is 1.45. The summed E-state index contributed by atoms with van der Waals surface area (Å²) in [5.74, 6) is 0. The molecule has 78 valence electrons. The predicted molar refractivity (Wildman–Crippen MR) is 44.9 cm³/mol. The molecule has 2 nitrogen and oxygen atoms in total. The first-order valence-corrected chi connectivity index (χ1v) is 4.09. The summed E-state index contributed by atoms with van der Waals surface area (Å²) in [6, 6.07) is 0.845. The van der Waals surface area contributed by atoms with Crippen LogP contribution >= 0.6 is 23.5 Å². The number of hydrogen-bond acceptors (Lipinski definition) is 2. The normalized spacial score (nSPS) is 11.8. The quantitative estimate of drug-likeness (QED) is 0.746. The molecule has 0 unspecified atom stereocenters. The van der Waals surface area contributed by atoms with Gasteiger partial charge in [-0.2, -0.15) is 13.2 Å². The third kappa shape index (κ3) is 2.73. The summed E-state index contributed by atoms with van der Waals surface area (Å²) in [6.07, 6.45) is -3.79. The van der Waals surface area contributed by atoms with Gasteiger partial charge in [-0.05, 0) is 6.07 Å². The highest BCUT2D eigenvalue weighted by Gasteiger charge is 2.31. The highest BCUT2D eigenvalue weighted by Crippen LogP contribution is 2.30. The Morgan fingerprint density at radius 1 is 1.43 bits per heavy atom. The van der Waals surface area contributed by atoms with E-state index in [1.807, 2.05) is 0 Å². The maximum Gasteiger partial charge on any atom is 0.417 e. The minimum absolute atomic E-state index is 0.0568. The number of pyridine rings is 1. The van der Waals surface area contributed by atoms with Gasteiger partial charge in [-0.25, -0.2) is 4.98 Å². The first-order chi connectivity index (χ1) is 6.45. The van der Waals surface area contributed by atoms with E-state index in [9.17, 15) is 13.2 Å². The van der Waals surface area contributed by atoms with E-state index in [2.05, 4.69) is 9.27 Å². The standard InChI is InChI=1S/C7H4Cl2F3NO/c8-6-4(3-14-9)1-5(2-13-6)7(10,11)12/h1-2H,3H2. The molecule has 0 radical (unpaired) electrons. The van der Waals surface area contributed by atoms with E-state index in [0.29, 0.717) is 6.20 Å². The molecule has 14 heavy (non-hydrogen) atoms. The number of rotatable bonds is 2. The van der Waals surface area contributed by atoms with Crippen molar-refractivity contribution >= 4 is 23.5 Å². The molecule has 1 aromatic rings. The summed E-state index contributed by atoms with van der Waals surface area (Å²) >= 11 is 10.4. The number of alkyl halides is 3. The lowest BCUT2D eigenvalue weighted by atomic mass is 10.2. The predicted octanol–water partition coefficient (Wildman–Crippen LogP) is 3.42. The van der Waals surface area contributed by atoms with Crippen molar-refractivity contribution in [3.63, 3.8) is 0 Å². The van der Waals surface area contributed by atoms with Gasteiger partial charge in [-0.1, -0.05) is 11.6 Å². The van der Waals surface area contributed by atoms with Crippen molar-refractivity contribution in [1.29, 1.82) is 0 Å². The number of nitrogens with zero attached hydrogens (tertiary/aromatic N) is 1. The van der Waals surface area contributed by atoms with E-state index < -0.39 is 11.7 Å². The van der Waals surface area contributed by atoms with Gasteiger partial charge >= 0.3 is 6.18 Å². The van der Waals surface area contributed by atoms with Crippen molar-refractivity contribution in [1.82, 2.24) is 4.98 Å². The number of halogens is 5. The van der Waals surface area contributed by atoms with E-state index in [1.54, 1.807) is 0 Å². The average Bonchev–Trinajstić information content (AvgIpc) is 2.07. The van der Waals surface area contributed by atoms with Crippen molar-refractivity contribution in [3.8, 4) is 0 Å². The monoisotopic (exact) mass is 245 g/mol. The molecule has 1 rings (SSSR count). The maximum atomic E-state index is 12.2. The van der Waals surface area contributed by atoms with Crippen LogP contribution < -0.4 is 0 Å². The molecule has 0 fully saturated rings. The van der Waals surface area contributed by atoms with Crippen molar-refractivity contribution in [2.24, 2.45) is 0 Å². The van der Waals surface area contributed by atoms with Gasteiger partial charge in [-0.15, -0.1) is 0 Å². The molecule has 0 aliphatic heterocycles. The summed E-state index contributed by atoms with van der Waals surface area (Å²) in [5, 5.41) is -0.0568. The zero-order valence-electron chi connectivity index (χ0n) is 6.61. The highest BCUT2D eigenvalue weighted by atomic mass is 35.5. The Balaban J connectivity index is 3.06. The second kappa shape index (κ2) is 4.33. The van der Waals surface area contributed by atoms with Crippen LogP contribution in [0.25, 0.3) is 0 Å². The van der Waals surface area contributed by atoms with Crippen LogP contribution in [0.1, 0.15) is 11.1 Å². The Morgan fingerprint density at radius 3 is 2.57 bits per heavy atom. The molecule has 7 heteroatoms. The van der Waals surface area contributed by atoms with E-state index in [1.165, 1.54) is 0 Å². The van der Waals surface area contributed by atoms with Crippen LogP contribution in [0.2, 0.25) is 5.15 Å². The van der Waals surface area contributed by atoms with Gasteiger partial charge in [0.2, 0.25) is 0 Å². The van der Waals surface area contributed by atoms with Gasteiger partial charge in [0.05, 0.1) is 24.0 Å². The fourth-order valence-corrected chi connectivity index (χ4v) is 1.08. The summed E-state index contributed by atoms with van der Waals surface area (Å²) in [6.45, 7) is -0.225. The topological polar surface area (TPSA) is 22.1 Å². The molecule has 0 aromatic carbocycles. The molecule has 0 saturated carbocycles. The molecule has 0 atom stereocenters. The minimum atomic E-state index is -4.45. The van der Waals surface area contributed by atoms with Crippen molar-refractivity contribution in [2.75, 3.05) is 0 Å². The zero-order chi connectivity index (χ0) is 10.8. The SMILES string of the molecule is FC(F)(F)c1cnc(Cl)c(COCl)c1. The number of hydrogen-bond donors (Lipinski definition) is 0. The molecule has 1 heterocycles. The lowest BCUT2D eigenvalue weighted by Crippen LogP contribution is -2.06. The Labute approximate surface area is 87.8 Å². The van der Waals surface area contributed by atoms with Crippen LogP contribution in [0.15, 0.2) is 12.3 Å². The smallest absolute Gasteiger partial charge is 0.274 e. The molecule has 1 aromatic heterocycles. The molecule has 0 spiro atoms. The van der Waals surface area contributed by atoms with Gasteiger partial charge in [-0.3, -0.25) is 4.29 Å². The number of aromatic nitrogens is 1. The molecule has 0 N–H and O–H groups in total. The zero-order valence-corrected chi connectivity index (χ0v) is 8.12. The minimum Gasteiger partial charge on any atom is -0.274 e. The molecule has 0 aliphatic carbocycles. The average molecular weight is 246 g/mol. The molecule has 0 amide bonds. The Hall–Kier alpha value is -0.520. The van der Waals surface area contributed by atoms with Gasteiger partial charge in [0.1, 0.15) is 5.15 Å². The van der Waals surface area contributed by atoms with E-state index >= 15 is 0 Å². The van der Waals surface area contributed by atoms with Gasteiger partial charge in [0.15, 0.2) is 0 Å². The van der Waals surface area contributed by atoms with E-state index in [4.69, 9.17) is 23.5 Å². The highest BCUT2D eigenvalue weighted by molar-refractivity contribution is 6.30. The lowest BCUT2D eigenvalue weighted by Gasteiger charge is -2.08. The fraction of sp³-hybridized carbons (Fsp3) is 0.286. The summed E-state index contributed by atoms with van der Waals surface area (Å²) in [7, 11) is 0. The van der Waals surface area contributed by atoms with E-state index in [0.717, 1.165) is 6.07 Å². The maximum absolute atomic E-state index is 12.2. The first-order valence-electron chi connectivity index (χ1n) is 3.40. The van der Waals surface area contributed by atoms with Crippen LogP contribution in [0.5, 0.6) is 0 Å². The second-order valence-electron chi connectivity index (χ2n) is 2.43. The van der Waals surface area contributed by atoms with Crippen molar-refractivity contribution < 1.29 is 17.5 Å². The first kappa shape index (κ1) is 11.6. The fourth-order valence-electron chi connectivity index (χ4n) is 0.809. The Bertz CT molecular complexity index is 329. The summed E-state index contributed by atoms with van der Waals surface area (Å²) in [5.41, 5.74) is -0.790. The van der Waals surface area contributed by atoms with Gasteiger partial charge in [0, 0.05) is 11.8 Å².